The average Bonchev–Trinajstić information content (AvgIpc) is 2.87. The Labute approximate surface area is 91.8 Å². The lowest BCUT2D eigenvalue weighted by Gasteiger charge is -2.29. The first-order valence-corrected chi connectivity index (χ1v) is 5.93. The van der Waals surface area contributed by atoms with Gasteiger partial charge >= 0.3 is 0 Å². The van der Waals surface area contributed by atoms with Gasteiger partial charge in [-0.25, -0.2) is 0 Å². The molecule has 0 aliphatic heterocycles. The van der Waals surface area contributed by atoms with Crippen molar-refractivity contribution in [2.75, 3.05) is 14.2 Å². The summed E-state index contributed by atoms with van der Waals surface area (Å²) < 4.78 is 5.18. The van der Waals surface area contributed by atoms with Gasteiger partial charge in [-0.1, -0.05) is 6.42 Å². The Morgan fingerprint density at radius 2 is 2.13 bits per heavy atom. The minimum absolute atomic E-state index is 0.100. The van der Waals surface area contributed by atoms with Crippen molar-refractivity contribution in [1.82, 2.24) is 4.90 Å². The molecule has 4 atom stereocenters. The highest BCUT2D eigenvalue weighted by Gasteiger charge is 2.44. The van der Waals surface area contributed by atoms with E-state index in [1.807, 2.05) is 14.0 Å². The Morgan fingerprint density at radius 1 is 1.40 bits per heavy atom. The molecule has 15 heavy (non-hydrogen) atoms. The van der Waals surface area contributed by atoms with E-state index in [1.165, 1.54) is 19.3 Å². The number of methoxy groups -OCH3 is 1. The molecule has 1 amide bonds. The number of hydrogen-bond donors (Lipinski definition) is 0. The second-order valence-electron chi connectivity index (χ2n) is 5.07. The Balaban J connectivity index is 1.96. The van der Waals surface area contributed by atoms with E-state index in [0.29, 0.717) is 5.92 Å². The molecule has 3 heteroatoms. The summed E-state index contributed by atoms with van der Waals surface area (Å²) in [6.45, 7) is 1.92. The summed E-state index contributed by atoms with van der Waals surface area (Å²) in [5.41, 5.74) is 0. The molecule has 2 aliphatic rings. The Morgan fingerprint density at radius 3 is 2.60 bits per heavy atom. The number of ether oxygens (including phenoxy) is 1. The topological polar surface area (TPSA) is 29.5 Å². The highest BCUT2D eigenvalue weighted by Crippen LogP contribution is 2.48. The number of hydrogen-bond acceptors (Lipinski definition) is 2. The molecule has 2 bridgehead atoms. The SMILES string of the molecule is COC(C)N(C)C(=O)C1CC2CCC1C2. The summed E-state index contributed by atoms with van der Waals surface area (Å²) >= 11 is 0. The predicted octanol–water partition coefficient (Wildman–Crippen LogP) is 1.87. The first-order chi connectivity index (χ1) is 7.13. The van der Waals surface area contributed by atoms with E-state index in [2.05, 4.69) is 0 Å². The fraction of sp³-hybridized carbons (Fsp3) is 0.917. The number of rotatable bonds is 3. The number of carbonyl (C=O) groups excluding carboxylic acids is 1. The van der Waals surface area contributed by atoms with Crippen LogP contribution in [0.3, 0.4) is 0 Å². The summed E-state index contributed by atoms with van der Waals surface area (Å²) in [5, 5.41) is 0. The first-order valence-electron chi connectivity index (χ1n) is 5.93. The Kier molecular flexibility index (Phi) is 3.01. The van der Waals surface area contributed by atoms with Gasteiger partial charge < -0.3 is 9.64 Å². The molecule has 0 radical (unpaired) electrons. The van der Waals surface area contributed by atoms with Gasteiger partial charge in [0, 0.05) is 20.1 Å². The molecule has 0 spiro atoms. The summed E-state index contributed by atoms with van der Waals surface area (Å²) in [4.78, 5) is 13.9. The van der Waals surface area contributed by atoms with Crippen molar-refractivity contribution in [2.45, 2.75) is 38.8 Å². The first kappa shape index (κ1) is 10.9. The largest absolute Gasteiger partial charge is 0.362 e. The molecule has 4 unspecified atom stereocenters. The lowest BCUT2D eigenvalue weighted by molar-refractivity contribution is -0.145. The number of amides is 1. The highest BCUT2D eigenvalue weighted by atomic mass is 16.5. The minimum atomic E-state index is -0.100. The normalized spacial score (nSPS) is 35.5. The fourth-order valence-electron chi connectivity index (χ4n) is 3.15. The van der Waals surface area contributed by atoms with Gasteiger partial charge in [0.25, 0.3) is 0 Å². The second-order valence-corrected chi connectivity index (χ2v) is 5.07. The second kappa shape index (κ2) is 4.12. The molecular weight excluding hydrogens is 190 g/mol. The van der Waals surface area contributed by atoms with Crippen LogP contribution in [0.4, 0.5) is 0 Å². The molecule has 0 aromatic rings. The van der Waals surface area contributed by atoms with E-state index >= 15 is 0 Å². The molecule has 0 aromatic heterocycles. The van der Waals surface area contributed by atoms with Crippen molar-refractivity contribution < 1.29 is 9.53 Å². The van der Waals surface area contributed by atoms with Gasteiger partial charge in [0.2, 0.25) is 5.91 Å². The van der Waals surface area contributed by atoms with Crippen molar-refractivity contribution in [3.05, 3.63) is 0 Å². The zero-order valence-electron chi connectivity index (χ0n) is 9.90. The Bertz CT molecular complexity index is 254. The van der Waals surface area contributed by atoms with Gasteiger partial charge in [-0.3, -0.25) is 4.79 Å². The van der Waals surface area contributed by atoms with E-state index in [-0.39, 0.29) is 18.1 Å². The smallest absolute Gasteiger partial charge is 0.227 e. The minimum Gasteiger partial charge on any atom is -0.362 e. The van der Waals surface area contributed by atoms with Crippen LogP contribution in [-0.2, 0) is 9.53 Å². The maximum absolute atomic E-state index is 12.2. The van der Waals surface area contributed by atoms with Crippen molar-refractivity contribution in [1.29, 1.82) is 0 Å². The summed E-state index contributed by atoms with van der Waals surface area (Å²) in [6.07, 6.45) is 4.90. The van der Waals surface area contributed by atoms with Crippen molar-refractivity contribution in [2.24, 2.45) is 17.8 Å². The van der Waals surface area contributed by atoms with Gasteiger partial charge in [-0.15, -0.1) is 0 Å². The Hall–Kier alpha value is -0.570. The monoisotopic (exact) mass is 211 g/mol. The van der Waals surface area contributed by atoms with Crippen LogP contribution in [0.5, 0.6) is 0 Å². The van der Waals surface area contributed by atoms with E-state index in [0.717, 1.165) is 12.3 Å². The zero-order chi connectivity index (χ0) is 11.0. The molecule has 3 nitrogen and oxygen atoms in total. The van der Waals surface area contributed by atoms with Gasteiger partial charge in [0.1, 0.15) is 6.23 Å². The molecule has 0 heterocycles. The molecule has 2 fully saturated rings. The van der Waals surface area contributed by atoms with Gasteiger partial charge in [-0.05, 0) is 38.0 Å². The highest BCUT2D eigenvalue weighted by molar-refractivity contribution is 5.79. The molecular formula is C12H21NO2. The molecule has 2 saturated carbocycles. The molecule has 0 saturated heterocycles. The van der Waals surface area contributed by atoms with Gasteiger partial charge in [0.15, 0.2) is 0 Å². The molecule has 0 N–H and O–H groups in total. The maximum Gasteiger partial charge on any atom is 0.227 e. The molecule has 2 aliphatic carbocycles. The number of fused-ring (bicyclic) bond motifs is 2. The fourth-order valence-corrected chi connectivity index (χ4v) is 3.15. The maximum atomic E-state index is 12.2. The predicted molar refractivity (Wildman–Crippen MR) is 58.2 cm³/mol. The van der Waals surface area contributed by atoms with Crippen LogP contribution >= 0.6 is 0 Å². The third kappa shape index (κ3) is 1.89. The average molecular weight is 211 g/mol. The van der Waals surface area contributed by atoms with Crippen molar-refractivity contribution >= 4 is 5.91 Å². The third-order valence-electron chi connectivity index (χ3n) is 4.29. The van der Waals surface area contributed by atoms with Crippen LogP contribution < -0.4 is 0 Å². The molecule has 2 rings (SSSR count). The van der Waals surface area contributed by atoms with Crippen LogP contribution in [0.15, 0.2) is 0 Å². The zero-order valence-corrected chi connectivity index (χ0v) is 9.90. The number of nitrogens with zero attached hydrogens (tertiary/aromatic N) is 1. The standard InChI is InChI=1S/C12H21NO2/c1-8(15-3)13(2)12(14)11-7-9-4-5-10(11)6-9/h8-11H,4-7H2,1-3H3. The van der Waals surface area contributed by atoms with Crippen LogP contribution in [0.2, 0.25) is 0 Å². The van der Waals surface area contributed by atoms with Crippen molar-refractivity contribution in [3.8, 4) is 0 Å². The van der Waals surface area contributed by atoms with Gasteiger partial charge in [0.05, 0.1) is 0 Å². The summed E-state index contributed by atoms with van der Waals surface area (Å²) in [5.74, 6) is 2.06. The lowest BCUT2D eigenvalue weighted by atomic mass is 9.88. The van der Waals surface area contributed by atoms with Crippen LogP contribution in [-0.4, -0.2) is 31.2 Å². The summed E-state index contributed by atoms with van der Waals surface area (Å²) in [6, 6.07) is 0. The molecule has 0 aromatic carbocycles. The lowest BCUT2D eigenvalue weighted by Crippen LogP contribution is -2.41. The number of carbonyl (C=O) groups is 1. The van der Waals surface area contributed by atoms with Crippen LogP contribution in [0.25, 0.3) is 0 Å². The molecule has 86 valence electrons. The third-order valence-corrected chi connectivity index (χ3v) is 4.29. The van der Waals surface area contributed by atoms with E-state index in [4.69, 9.17) is 4.74 Å². The summed E-state index contributed by atoms with van der Waals surface area (Å²) in [7, 11) is 3.50. The van der Waals surface area contributed by atoms with Crippen LogP contribution in [0, 0.1) is 17.8 Å². The van der Waals surface area contributed by atoms with E-state index < -0.39 is 0 Å². The van der Waals surface area contributed by atoms with Gasteiger partial charge in [-0.2, -0.15) is 0 Å². The van der Waals surface area contributed by atoms with E-state index in [1.54, 1.807) is 12.0 Å². The van der Waals surface area contributed by atoms with Crippen LogP contribution in [0.1, 0.15) is 32.6 Å². The quantitative estimate of drug-likeness (QED) is 0.667. The van der Waals surface area contributed by atoms with E-state index in [9.17, 15) is 4.79 Å². The van der Waals surface area contributed by atoms with Crippen molar-refractivity contribution in [3.63, 3.8) is 0 Å².